The second-order valence-electron chi connectivity index (χ2n) is 5.75. The molecule has 2 N–H and O–H groups in total. The first-order chi connectivity index (χ1) is 9.72. The first kappa shape index (κ1) is 16.1. The number of aliphatic hydroxyl groups is 1. The molecular formula is C15H20F3NO2. The smallest absolute Gasteiger partial charge is 0.406 e. The van der Waals surface area contributed by atoms with Crippen LogP contribution in [-0.4, -0.2) is 36.1 Å². The third kappa shape index (κ3) is 4.11. The number of halogens is 3. The van der Waals surface area contributed by atoms with Crippen LogP contribution in [0, 0.1) is 13.8 Å². The molecule has 1 unspecified atom stereocenters. The van der Waals surface area contributed by atoms with E-state index in [1.165, 1.54) is 0 Å². The van der Waals surface area contributed by atoms with Crippen LogP contribution in [0.3, 0.4) is 0 Å². The van der Waals surface area contributed by atoms with Gasteiger partial charge in [0.25, 0.3) is 0 Å². The molecule has 0 amide bonds. The van der Waals surface area contributed by atoms with Crippen molar-refractivity contribution in [3.05, 3.63) is 29.3 Å². The van der Waals surface area contributed by atoms with Crippen molar-refractivity contribution < 1.29 is 23.0 Å². The standard InChI is InChI=1S/C15H20F3NO2/c1-10-5-11(2)7-13(6-10)21-9-12(20)8-19-14(3-4-14)15(16,17)18/h5-7,12,19-20H,3-4,8-9H2,1-2H3. The van der Waals surface area contributed by atoms with Crippen LogP contribution in [0.5, 0.6) is 5.75 Å². The number of ether oxygens (including phenoxy) is 1. The molecule has 0 saturated heterocycles. The Morgan fingerprint density at radius 3 is 2.29 bits per heavy atom. The summed E-state index contributed by atoms with van der Waals surface area (Å²) in [4.78, 5) is 0. The van der Waals surface area contributed by atoms with Crippen molar-refractivity contribution in [1.29, 1.82) is 0 Å². The van der Waals surface area contributed by atoms with Gasteiger partial charge in [0.2, 0.25) is 0 Å². The van der Waals surface area contributed by atoms with Crippen LogP contribution in [0.4, 0.5) is 13.2 Å². The monoisotopic (exact) mass is 303 g/mol. The van der Waals surface area contributed by atoms with E-state index in [1.807, 2.05) is 32.0 Å². The van der Waals surface area contributed by atoms with Gasteiger partial charge in [0.1, 0.15) is 24.0 Å². The minimum absolute atomic E-state index is 0.0379. The molecule has 1 fully saturated rings. The highest BCUT2D eigenvalue weighted by Gasteiger charge is 2.63. The molecule has 1 aromatic rings. The Balaban J connectivity index is 1.79. The molecule has 0 aliphatic heterocycles. The van der Waals surface area contributed by atoms with Gasteiger partial charge in [-0.3, -0.25) is 0 Å². The van der Waals surface area contributed by atoms with E-state index >= 15 is 0 Å². The molecule has 0 spiro atoms. The van der Waals surface area contributed by atoms with Gasteiger partial charge < -0.3 is 15.2 Å². The Labute approximate surface area is 122 Å². The summed E-state index contributed by atoms with van der Waals surface area (Å²) < 4.78 is 43.6. The van der Waals surface area contributed by atoms with E-state index < -0.39 is 17.8 Å². The second kappa shape index (κ2) is 5.85. The molecule has 1 aliphatic rings. The number of aliphatic hydroxyl groups excluding tert-OH is 1. The van der Waals surface area contributed by atoms with Gasteiger partial charge in [-0.05, 0) is 49.9 Å². The third-order valence-electron chi connectivity index (χ3n) is 3.61. The predicted octanol–water partition coefficient (Wildman–Crippen LogP) is 2.73. The van der Waals surface area contributed by atoms with Gasteiger partial charge in [0, 0.05) is 6.54 Å². The molecule has 21 heavy (non-hydrogen) atoms. The molecule has 1 aliphatic carbocycles. The minimum atomic E-state index is -4.26. The average molecular weight is 303 g/mol. The van der Waals surface area contributed by atoms with Gasteiger partial charge in [0.05, 0.1) is 0 Å². The van der Waals surface area contributed by atoms with Crippen LogP contribution in [0.15, 0.2) is 18.2 Å². The number of aryl methyl sites for hydroxylation is 2. The molecule has 0 heterocycles. The lowest BCUT2D eigenvalue weighted by Gasteiger charge is -2.22. The molecule has 3 nitrogen and oxygen atoms in total. The quantitative estimate of drug-likeness (QED) is 0.849. The fraction of sp³-hybridized carbons (Fsp3) is 0.600. The van der Waals surface area contributed by atoms with Crippen molar-refractivity contribution in [3.8, 4) is 5.75 Å². The molecule has 1 atom stereocenters. The van der Waals surface area contributed by atoms with E-state index in [-0.39, 0.29) is 26.0 Å². The molecule has 0 bridgehead atoms. The maximum atomic E-state index is 12.7. The molecule has 118 valence electrons. The molecular weight excluding hydrogens is 283 g/mol. The zero-order valence-corrected chi connectivity index (χ0v) is 12.1. The summed E-state index contributed by atoms with van der Waals surface area (Å²) in [5.74, 6) is 0.614. The number of β-amino-alcohol motifs (C(OH)–C–C–N with tert-alkyl or cyclic N) is 1. The van der Waals surface area contributed by atoms with Crippen molar-refractivity contribution in [2.75, 3.05) is 13.2 Å². The van der Waals surface area contributed by atoms with Gasteiger partial charge in [-0.15, -0.1) is 0 Å². The van der Waals surface area contributed by atoms with E-state index in [0.29, 0.717) is 5.75 Å². The SMILES string of the molecule is Cc1cc(C)cc(OCC(O)CNC2(C(F)(F)F)CC2)c1. The highest BCUT2D eigenvalue weighted by molar-refractivity contribution is 5.33. The summed E-state index contributed by atoms with van der Waals surface area (Å²) >= 11 is 0. The van der Waals surface area contributed by atoms with E-state index in [0.717, 1.165) is 11.1 Å². The molecule has 6 heteroatoms. The lowest BCUT2D eigenvalue weighted by molar-refractivity contribution is -0.166. The predicted molar refractivity (Wildman–Crippen MR) is 73.4 cm³/mol. The molecule has 0 aromatic heterocycles. The molecule has 0 radical (unpaired) electrons. The maximum absolute atomic E-state index is 12.7. The Morgan fingerprint density at radius 1 is 1.24 bits per heavy atom. The zero-order chi connectivity index (χ0) is 15.7. The molecule has 1 aromatic carbocycles. The van der Waals surface area contributed by atoms with Crippen molar-refractivity contribution in [2.45, 2.75) is 44.5 Å². The van der Waals surface area contributed by atoms with E-state index in [4.69, 9.17) is 4.74 Å². The summed E-state index contributed by atoms with van der Waals surface area (Å²) in [6.45, 7) is 3.68. The fourth-order valence-electron chi connectivity index (χ4n) is 2.27. The normalized spacial score (nSPS) is 18.4. The van der Waals surface area contributed by atoms with E-state index in [9.17, 15) is 18.3 Å². The average Bonchev–Trinajstić information content (AvgIpc) is 3.13. The summed E-state index contributed by atoms with van der Waals surface area (Å²) in [7, 11) is 0. The Kier molecular flexibility index (Phi) is 4.49. The van der Waals surface area contributed by atoms with Crippen LogP contribution in [0.25, 0.3) is 0 Å². The summed E-state index contributed by atoms with van der Waals surface area (Å²) in [6.07, 6.45) is -5.10. The van der Waals surface area contributed by atoms with Gasteiger partial charge in [-0.25, -0.2) is 0 Å². The second-order valence-corrected chi connectivity index (χ2v) is 5.75. The minimum Gasteiger partial charge on any atom is -0.491 e. The number of hydrogen-bond acceptors (Lipinski definition) is 3. The lowest BCUT2D eigenvalue weighted by atomic mass is 10.1. The molecule has 1 saturated carbocycles. The van der Waals surface area contributed by atoms with Gasteiger partial charge in [0.15, 0.2) is 0 Å². The van der Waals surface area contributed by atoms with Gasteiger partial charge >= 0.3 is 6.18 Å². The van der Waals surface area contributed by atoms with Crippen molar-refractivity contribution >= 4 is 0 Å². The summed E-state index contributed by atoms with van der Waals surface area (Å²) in [5.41, 5.74) is 0.270. The zero-order valence-electron chi connectivity index (χ0n) is 12.1. The van der Waals surface area contributed by atoms with Crippen molar-refractivity contribution in [3.63, 3.8) is 0 Å². The van der Waals surface area contributed by atoms with Crippen LogP contribution >= 0.6 is 0 Å². The Hall–Kier alpha value is -1.27. The van der Waals surface area contributed by atoms with Gasteiger partial charge in [-0.1, -0.05) is 6.07 Å². The highest BCUT2D eigenvalue weighted by Crippen LogP contribution is 2.48. The van der Waals surface area contributed by atoms with Crippen LogP contribution in [0.2, 0.25) is 0 Å². The van der Waals surface area contributed by atoms with Gasteiger partial charge in [-0.2, -0.15) is 13.2 Å². The maximum Gasteiger partial charge on any atom is 0.406 e. The largest absolute Gasteiger partial charge is 0.491 e. The van der Waals surface area contributed by atoms with Crippen molar-refractivity contribution in [1.82, 2.24) is 5.32 Å². The third-order valence-corrected chi connectivity index (χ3v) is 3.61. The number of alkyl halides is 3. The lowest BCUT2D eigenvalue weighted by Crippen LogP contribution is -2.48. The first-order valence-electron chi connectivity index (χ1n) is 6.93. The van der Waals surface area contributed by atoms with Crippen molar-refractivity contribution in [2.24, 2.45) is 0 Å². The number of rotatable bonds is 6. The number of benzene rings is 1. The summed E-state index contributed by atoms with van der Waals surface area (Å²) in [5, 5.41) is 12.2. The molecule has 2 rings (SSSR count). The van der Waals surface area contributed by atoms with E-state index in [2.05, 4.69) is 5.32 Å². The van der Waals surface area contributed by atoms with Crippen LogP contribution in [-0.2, 0) is 0 Å². The highest BCUT2D eigenvalue weighted by atomic mass is 19.4. The fourth-order valence-corrected chi connectivity index (χ4v) is 2.27. The first-order valence-corrected chi connectivity index (χ1v) is 6.93. The summed E-state index contributed by atoms with van der Waals surface area (Å²) in [6, 6.07) is 5.64. The number of hydrogen-bond donors (Lipinski definition) is 2. The van der Waals surface area contributed by atoms with E-state index in [1.54, 1.807) is 0 Å². The van der Waals surface area contributed by atoms with Crippen LogP contribution < -0.4 is 10.1 Å². The number of nitrogens with one attached hydrogen (secondary N) is 1. The Morgan fingerprint density at radius 2 is 1.81 bits per heavy atom. The topological polar surface area (TPSA) is 41.5 Å². The van der Waals surface area contributed by atoms with Crippen LogP contribution in [0.1, 0.15) is 24.0 Å². The Bertz CT molecular complexity index is 478.